The van der Waals surface area contributed by atoms with Crippen molar-refractivity contribution >= 4 is 22.6 Å². The third kappa shape index (κ3) is 3.49. The summed E-state index contributed by atoms with van der Waals surface area (Å²) in [4.78, 5) is 31.6. The van der Waals surface area contributed by atoms with Crippen LogP contribution in [-0.4, -0.2) is 28.1 Å². The minimum Gasteiger partial charge on any atom is -0.338 e. The maximum atomic E-state index is 13.0. The highest BCUT2D eigenvalue weighted by Crippen LogP contribution is 2.28. The molecule has 1 aliphatic heterocycles. The summed E-state index contributed by atoms with van der Waals surface area (Å²) in [7, 11) is 0. The lowest BCUT2D eigenvalue weighted by molar-refractivity contribution is -0.129. The van der Waals surface area contributed by atoms with E-state index in [1.807, 2.05) is 60.7 Å². The van der Waals surface area contributed by atoms with E-state index in [1.54, 1.807) is 11.0 Å². The van der Waals surface area contributed by atoms with E-state index in [0.717, 1.165) is 16.5 Å². The van der Waals surface area contributed by atoms with Crippen LogP contribution in [0.5, 0.6) is 0 Å². The molecule has 4 rings (SSSR count). The molecule has 0 saturated carbocycles. The van der Waals surface area contributed by atoms with Crippen LogP contribution >= 0.6 is 0 Å². The lowest BCUT2D eigenvalue weighted by atomic mass is 9.90. The zero-order valence-corrected chi connectivity index (χ0v) is 15.3. The molecule has 2 atom stereocenters. The van der Waals surface area contributed by atoms with E-state index in [-0.39, 0.29) is 18.1 Å². The van der Waals surface area contributed by atoms with Gasteiger partial charge in [0.05, 0.1) is 17.3 Å². The van der Waals surface area contributed by atoms with Gasteiger partial charge in [-0.2, -0.15) is 5.26 Å². The number of Topliss-reactive ketones (excluding diaryl/α,β-unsaturated/α-hetero) is 1. The topological polar surface area (TPSA) is 74.1 Å². The molecule has 2 aromatic carbocycles. The van der Waals surface area contributed by atoms with E-state index in [9.17, 15) is 14.9 Å². The monoisotopic (exact) mass is 369 g/mol. The van der Waals surface area contributed by atoms with Crippen molar-refractivity contribution in [3.63, 3.8) is 0 Å². The van der Waals surface area contributed by atoms with E-state index in [1.165, 1.54) is 0 Å². The van der Waals surface area contributed by atoms with Gasteiger partial charge >= 0.3 is 0 Å². The Hall–Kier alpha value is -3.52. The van der Waals surface area contributed by atoms with Gasteiger partial charge in [0, 0.05) is 30.8 Å². The Labute approximate surface area is 163 Å². The molecular formula is C23H19N3O2. The van der Waals surface area contributed by atoms with Gasteiger partial charge in [0.1, 0.15) is 5.92 Å². The van der Waals surface area contributed by atoms with Crippen LogP contribution in [0.15, 0.2) is 66.7 Å². The van der Waals surface area contributed by atoms with E-state index < -0.39 is 11.8 Å². The molecule has 1 amide bonds. The Bertz CT molecular complexity index is 1070. The molecular weight excluding hydrogens is 350 g/mol. The highest BCUT2D eigenvalue weighted by Gasteiger charge is 2.38. The van der Waals surface area contributed by atoms with E-state index in [2.05, 4.69) is 11.1 Å². The number of likely N-dealkylation sites (tertiary alicyclic amines) is 1. The van der Waals surface area contributed by atoms with E-state index in [0.29, 0.717) is 18.8 Å². The van der Waals surface area contributed by atoms with Crippen molar-refractivity contribution < 1.29 is 9.59 Å². The molecule has 1 fully saturated rings. The number of para-hydroxylation sites is 1. The van der Waals surface area contributed by atoms with Crippen molar-refractivity contribution in [1.82, 2.24) is 9.88 Å². The van der Waals surface area contributed by atoms with Gasteiger partial charge in [0.15, 0.2) is 5.78 Å². The Balaban J connectivity index is 1.52. The van der Waals surface area contributed by atoms with Gasteiger partial charge < -0.3 is 4.90 Å². The molecule has 2 heterocycles. The first-order valence-electron chi connectivity index (χ1n) is 9.26. The summed E-state index contributed by atoms with van der Waals surface area (Å²) in [6.45, 7) is 0.827. The second kappa shape index (κ2) is 7.61. The SMILES string of the molecule is N#C[C@@H](C(=O)[C@@H]1CC(=O)N(Cc2ccccc2)C1)c1ccc2ccccc2n1. The van der Waals surface area contributed by atoms with Crippen LogP contribution in [0.25, 0.3) is 10.9 Å². The number of carbonyl (C=O) groups is 2. The number of benzene rings is 2. The Morgan fingerprint density at radius 2 is 1.86 bits per heavy atom. The summed E-state index contributed by atoms with van der Waals surface area (Å²) >= 11 is 0. The maximum absolute atomic E-state index is 13.0. The molecule has 0 spiro atoms. The van der Waals surface area contributed by atoms with Crippen LogP contribution in [0.2, 0.25) is 0 Å². The summed E-state index contributed by atoms with van der Waals surface area (Å²) in [6.07, 6.45) is 0.150. The predicted molar refractivity (Wildman–Crippen MR) is 105 cm³/mol. The molecule has 0 N–H and O–H groups in total. The Morgan fingerprint density at radius 1 is 1.11 bits per heavy atom. The number of aromatic nitrogens is 1. The second-order valence-electron chi connectivity index (χ2n) is 7.05. The largest absolute Gasteiger partial charge is 0.338 e. The second-order valence-corrected chi connectivity index (χ2v) is 7.05. The minimum atomic E-state index is -0.959. The zero-order valence-electron chi connectivity index (χ0n) is 15.3. The van der Waals surface area contributed by atoms with Gasteiger partial charge in [-0.3, -0.25) is 14.6 Å². The van der Waals surface area contributed by atoms with Gasteiger partial charge in [-0.15, -0.1) is 0 Å². The summed E-state index contributed by atoms with van der Waals surface area (Å²) in [5, 5.41) is 10.6. The smallest absolute Gasteiger partial charge is 0.223 e. The summed E-state index contributed by atoms with van der Waals surface area (Å²) < 4.78 is 0. The first kappa shape index (κ1) is 17.9. The third-order valence-corrected chi connectivity index (χ3v) is 5.16. The molecule has 138 valence electrons. The average molecular weight is 369 g/mol. The highest BCUT2D eigenvalue weighted by atomic mass is 16.2. The number of hydrogen-bond acceptors (Lipinski definition) is 4. The van der Waals surface area contributed by atoms with Crippen molar-refractivity contribution in [2.75, 3.05) is 6.54 Å². The first-order chi connectivity index (χ1) is 13.7. The Morgan fingerprint density at radius 3 is 2.64 bits per heavy atom. The average Bonchev–Trinajstić information content (AvgIpc) is 3.09. The maximum Gasteiger partial charge on any atom is 0.223 e. The van der Waals surface area contributed by atoms with Crippen LogP contribution in [-0.2, 0) is 16.1 Å². The fourth-order valence-electron chi connectivity index (χ4n) is 3.67. The molecule has 1 saturated heterocycles. The van der Waals surface area contributed by atoms with Gasteiger partial charge in [0.25, 0.3) is 0 Å². The lowest BCUT2D eigenvalue weighted by Crippen LogP contribution is -2.27. The molecule has 0 unspecified atom stereocenters. The fourth-order valence-corrected chi connectivity index (χ4v) is 3.67. The zero-order chi connectivity index (χ0) is 19.5. The number of carbonyl (C=O) groups excluding carboxylic acids is 2. The van der Waals surface area contributed by atoms with E-state index in [4.69, 9.17) is 0 Å². The summed E-state index contributed by atoms with van der Waals surface area (Å²) in [6, 6.07) is 23.0. The Kier molecular flexibility index (Phi) is 4.86. The number of nitrogens with zero attached hydrogens (tertiary/aromatic N) is 3. The van der Waals surface area contributed by atoms with Crippen molar-refractivity contribution in [1.29, 1.82) is 5.26 Å². The molecule has 5 nitrogen and oxygen atoms in total. The van der Waals surface area contributed by atoms with Gasteiger partial charge in [-0.25, -0.2) is 0 Å². The van der Waals surface area contributed by atoms with Crippen LogP contribution < -0.4 is 0 Å². The molecule has 0 aliphatic carbocycles. The van der Waals surface area contributed by atoms with Crippen LogP contribution in [0.1, 0.15) is 23.6 Å². The molecule has 0 radical (unpaired) electrons. The summed E-state index contributed by atoms with van der Waals surface area (Å²) in [5.41, 5.74) is 2.22. The van der Waals surface area contributed by atoms with E-state index >= 15 is 0 Å². The number of hydrogen-bond donors (Lipinski definition) is 0. The fraction of sp³-hybridized carbons (Fsp3) is 0.217. The number of nitriles is 1. The predicted octanol–water partition coefficient (Wildman–Crippen LogP) is 3.46. The van der Waals surface area contributed by atoms with Crippen LogP contribution in [0.4, 0.5) is 0 Å². The molecule has 28 heavy (non-hydrogen) atoms. The lowest BCUT2D eigenvalue weighted by Gasteiger charge is -2.17. The number of ketones is 1. The number of fused-ring (bicyclic) bond motifs is 1. The molecule has 5 heteroatoms. The number of rotatable bonds is 5. The minimum absolute atomic E-state index is 0.0506. The van der Waals surface area contributed by atoms with Crippen molar-refractivity contribution in [2.24, 2.45) is 5.92 Å². The number of amides is 1. The molecule has 3 aromatic rings. The van der Waals surface area contributed by atoms with Crippen molar-refractivity contribution in [3.05, 3.63) is 78.0 Å². The van der Waals surface area contributed by atoms with Crippen LogP contribution in [0, 0.1) is 17.2 Å². The van der Waals surface area contributed by atoms with Gasteiger partial charge in [0.2, 0.25) is 5.91 Å². The summed E-state index contributed by atoms with van der Waals surface area (Å²) in [5.74, 6) is -1.72. The highest BCUT2D eigenvalue weighted by molar-refractivity contribution is 5.96. The standard InChI is InChI=1S/C23H19N3O2/c24-13-19(21-11-10-17-8-4-5-9-20(17)25-21)23(28)18-12-22(27)26(15-18)14-16-6-2-1-3-7-16/h1-11,18-19H,12,14-15H2/t18-,19-/m1/s1. The normalized spacial score (nSPS) is 17.5. The molecule has 1 aliphatic rings. The third-order valence-electron chi connectivity index (χ3n) is 5.16. The first-order valence-corrected chi connectivity index (χ1v) is 9.26. The van der Waals surface area contributed by atoms with Gasteiger partial charge in [-0.05, 0) is 17.7 Å². The quantitative estimate of drug-likeness (QED) is 0.690. The van der Waals surface area contributed by atoms with Crippen molar-refractivity contribution in [2.45, 2.75) is 18.9 Å². The van der Waals surface area contributed by atoms with Crippen molar-refractivity contribution in [3.8, 4) is 6.07 Å². The van der Waals surface area contributed by atoms with Crippen LogP contribution in [0.3, 0.4) is 0 Å². The van der Waals surface area contributed by atoms with Gasteiger partial charge in [-0.1, -0.05) is 54.6 Å². The number of pyridine rings is 1. The molecule has 0 bridgehead atoms. The molecule has 1 aromatic heterocycles.